The second kappa shape index (κ2) is 7.68. The van der Waals surface area contributed by atoms with Crippen molar-refractivity contribution in [3.63, 3.8) is 0 Å². The summed E-state index contributed by atoms with van der Waals surface area (Å²) in [6, 6.07) is 0. The minimum Gasteiger partial charge on any atom is -0.397 e. The number of carbonyl (C=O) groups is 2. The summed E-state index contributed by atoms with van der Waals surface area (Å²) in [5, 5.41) is 8.98. The molecule has 7 heteroatoms. The molecule has 1 rings (SSSR count). The lowest BCUT2D eigenvalue weighted by molar-refractivity contribution is 0.0957. The van der Waals surface area contributed by atoms with Crippen LogP contribution in [0, 0.1) is 0 Å². The Labute approximate surface area is 128 Å². The van der Waals surface area contributed by atoms with E-state index in [9.17, 15) is 9.59 Å². The van der Waals surface area contributed by atoms with Crippen LogP contribution >= 0.6 is 11.3 Å². The maximum atomic E-state index is 12.1. The average Bonchev–Trinajstić information content (AvgIpc) is 2.78. The topological polar surface area (TPSA) is 96.2 Å². The van der Waals surface area contributed by atoms with E-state index >= 15 is 0 Å². The van der Waals surface area contributed by atoms with Gasteiger partial charge in [-0.1, -0.05) is 19.1 Å². The van der Waals surface area contributed by atoms with Gasteiger partial charge in [0.25, 0.3) is 11.8 Å². The van der Waals surface area contributed by atoms with Crippen molar-refractivity contribution in [1.82, 2.24) is 10.6 Å². The van der Waals surface area contributed by atoms with Crippen LogP contribution in [0.5, 0.6) is 0 Å². The molecule has 0 aliphatic carbocycles. The van der Waals surface area contributed by atoms with E-state index in [0.717, 1.165) is 12.0 Å². The highest BCUT2D eigenvalue weighted by Crippen LogP contribution is 2.35. The van der Waals surface area contributed by atoms with Crippen LogP contribution in [0.3, 0.4) is 0 Å². The number of thiophene rings is 1. The maximum absolute atomic E-state index is 12.1. The van der Waals surface area contributed by atoms with Gasteiger partial charge in [0.05, 0.1) is 11.3 Å². The van der Waals surface area contributed by atoms with Crippen molar-refractivity contribution in [2.45, 2.75) is 20.3 Å². The number of nitrogen functional groups attached to an aromatic ring is 1. The first-order valence-corrected chi connectivity index (χ1v) is 7.54. The van der Waals surface area contributed by atoms with E-state index in [4.69, 9.17) is 5.73 Å². The molecule has 116 valence electrons. The molecule has 0 aromatic carbocycles. The molecule has 0 radical (unpaired) electrons. The number of carbonyl (C=O) groups excluding carboxylic acids is 2. The van der Waals surface area contributed by atoms with Gasteiger partial charge in [-0.25, -0.2) is 0 Å². The Balaban J connectivity index is 3.13. The fourth-order valence-electron chi connectivity index (χ4n) is 1.64. The van der Waals surface area contributed by atoms with Crippen LogP contribution in [0.2, 0.25) is 0 Å². The predicted molar refractivity (Wildman–Crippen MR) is 88.0 cm³/mol. The van der Waals surface area contributed by atoms with E-state index in [1.807, 2.05) is 13.8 Å². The fourth-order valence-corrected chi connectivity index (χ4v) is 2.67. The number of nitrogens with two attached hydrogens (primary N) is 1. The van der Waals surface area contributed by atoms with E-state index in [-0.39, 0.29) is 17.5 Å². The van der Waals surface area contributed by atoms with Crippen molar-refractivity contribution >= 4 is 33.8 Å². The molecule has 1 aromatic heterocycles. The van der Waals surface area contributed by atoms with Crippen LogP contribution in [-0.4, -0.2) is 32.0 Å². The predicted octanol–water partition coefficient (Wildman–Crippen LogP) is 1.82. The minimum absolute atomic E-state index is 0.206. The largest absolute Gasteiger partial charge is 0.397 e. The molecule has 0 aliphatic heterocycles. The summed E-state index contributed by atoms with van der Waals surface area (Å²) in [4.78, 5) is 24.4. The third kappa shape index (κ3) is 4.22. The average molecular weight is 310 g/mol. The zero-order valence-electron chi connectivity index (χ0n) is 12.6. The maximum Gasteiger partial charge on any atom is 0.263 e. The summed E-state index contributed by atoms with van der Waals surface area (Å²) in [5.74, 6) is -0.574. The van der Waals surface area contributed by atoms with Crippen molar-refractivity contribution in [2.75, 3.05) is 31.2 Å². The van der Waals surface area contributed by atoms with Crippen molar-refractivity contribution < 1.29 is 9.59 Å². The van der Waals surface area contributed by atoms with Gasteiger partial charge in [0.1, 0.15) is 9.88 Å². The number of rotatable bonds is 7. The molecule has 0 atom stereocenters. The monoisotopic (exact) mass is 310 g/mol. The number of anilines is 2. The molecule has 0 fully saturated rings. The van der Waals surface area contributed by atoms with E-state index < -0.39 is 0 Å². The quantitative estimate of drug-likeness (QED) is 0.578. The van der Waals surface area contributed by atoms with E-state index in [1.54, 1.807) is 0 Å². The molecular formula is C14H22N4O2S. The molecule has 0 saturated heterocycles. The van der Waals surface area contributed by atoms with Gasteiger partial charge in [-0.15, -0.1) is 11.3 Å². The van der Waals surface area contributed by atoms with Crippen molar-refractivity contribution in [2.24, 2.45) is 0 Å². The smallest absolute Gasteiger partial charge is 0.263 e. The molecule has 6 nitrogen and oxygen atoms in total. The van der Waals surface area contributed by atoms with Gasteiger partial charge in [-0.05, 0) is 13.3 Å². The third-order valence-electron chi connectivity index (χ3n) is 2.69. The molecule has 0 spiro atoms. The normalized spacial score (nSPS) is 10.0. The summed E-state index contributed by atoms with van der Waals surface area (Å²) >= 11 is 1.18. The van der Waals surface area contributed by atoms with E-state index in [2.05, 4.69) is 22.5 Å². The Morgan fingerprint density at radius 3 is 2.52 bits per heavy atom. The van der Waals surface area contributed by atoms with Crippen LogP contribution in [-0.2, 0) is 0 Å². The molecule has 0 unspecified atom stereocenters. The summed E-state index contributed by atoms with van der Waals surface area (Å²) < 4.78 is 0. The van der Waals surface area contributed by atoms with E-state index in [0.29, 0.717) is 28.5 Å². The zero-order valence-corrected chi connectivity index (χ0v) is 13.4. The standard InChI is InChI=1S/C14H22N4O2S/c1-5-6-17-13(20)11-10(15)9(12(19)16-4)14(21-11)18-7-8(2)3/h18H,2,5-7,15H2,1,3-4H3,(H,16,19)(H,17,20). The zero-order chi connectivity index (χ0) is 16.0. The van der Waals surface area contributed by atoms with Gasteiger partial charge in [0, 0.05) is 20.1 Å². The van der Waals surface area contributed by atoms with Crippen molar-refractivity contribution in [3.05, 3.63) is 22.6 Å². The molecule has 1 heterocycles. The second-order valence-electron chi connectivity index (χ2n) is 4.69. The Bertz CT molecular complexity index is 551. The van der Waals surface area contributed by atoms with Crippen molar-refractivity contribution in [1.29, 1.82) is 0 Å². The molecule has 1 aromatic rings. The fraction of sp³-hybridized carbons (Fsp3) is 0.429. The second-order valence-corrected chi connectivity index (χ2v) is 5.72. The lowest BCUT2D eigenvalue weighted by Gasteiger charge is -2.06. The third-order valence-corrected chi connectivity index (χ3v) is 3.85. The Kier molecular flexibility index (Phi) is 6.23. The SMILES string of the molecule is C=C(C)CNc1sc(C(=O)NCCC)c(N)c1C(=O)NC. The highest BCUT2D eigenvalue weighted by atomic mass is 32.1. The number of hydrogen-bond acceptors (Lipinski definition) is 5. The highest BCUT2D eigenvalue weighted by Gasteiger charge is 2.24. The van der Waals surface area contributed by atoms with Crippen LogP contribution < -0.4 is 21.7 Å². The van der Waals surface area contributed by atoms with E-state index in [1.165, 1.54) is 18.4 Å². The van der Waals surface area contributed by atoms with Gasteiger partial charge in [-0.2, -0.15) is 0 Å². The molecule has 0 saturated carbocycles. The summed E-state index contributed by atoms with van der Waals surface area (Å²) in [6.07, 6.45) is 0.833. The molecule has 0 bridgehead atoms. The Hall–Kier alpha value is -2.02. The molecule has 0 aliphatic rings. The number of hydrogen-bond donors (Lipinski definition) is 4. The lowest BCUT2D eigenvalue weighted by atomic mass is 10.2. The molecule has 2 amide bonds. The highest BCUT2D eigenvalue weighted by molar-refractivity contribution is 7.19. The Morgan fingerprint density at radius 2 is 2.00 bits per heavy atom. The summed E-state index contributed by atoms with van der Waals surface area (Å²) in [7, 11) is 1.53. The van der Waals surface area contributed by atoms with Crippen molar-refractivity contribution in [3.8, 4) is 0 Å². The summed E-state index contributed by atoms with van der Waals surface area (Å²) in [5.41, 5.74) is 7.42. The first-order valence-electron chi connectivity index (χ1n) is 6.73. The van der Waals surface area contributed by atoms with Gasteiger partial charge in [0.2, 0.25) is 0 Å². The van der Waals surface area contributed by atoms with Gasteiger partial charge in [-0.3, -0.25) is 9.59 Å². The number of nitrogens with one attached hydrogen (secondary N) is 3. The lowest BCUT2D eigenvalue weighted by Crippen LogP contribution is -2.24. The first kappa shape index (κ1) is 17.0. The van der Waals surface area contributed by atoms with Gasteiger partial charge >= 0.3 is 0 Å². The Morgan fingerprint density at radius 1 is 1.33 bits per heavy atom. The van der Waals surface area contributed by atoms with Gasteiger partial charge in [0.15, 0.2) is 0 Å². The molecule has 21 heavy (non-hydrogen) atoms. The molecular weight excluding hydrogens is 288 g/mol. The van der Waals surface area contributed by atoms with Crippen LogP contribution in [0.4, 0.5) is 10.7 Å². The molecule has 5 N–H and O–H groups in total. The van der Waals surface area contributed by atoms with Crippen LogP contribution in [0.15, 0.2) is 12.2 Å². The van der Waals surface area contributed by atoms with Crippen LogP contribution in [0.25, 0.3) is 0 Å². The number of amides is 2. The van der Waals surface area contributed by atoms with Gasteiger partial charge < -0.3 is 21.7 Å². The summed E-state index contributed by atoms with van der Waals surface area (Å²) in [6.45, 7) is 8.72. The van der Waals surface area contributed by atoms with Crippen LogP contribution in [0.1, 0.15) is 40.3 Å². The first-order chi connectivity index (χ1) is 9.92. The minimum atomic E-state index is -0.317.